The Balaban J connectivity index is 0.000000151. The van der Waals surface area contributed by atoms with E-state index in [1.807, 2.05) is 0 Å². The number of hydrogen-bond donors (Lipinski definition) is 0. The summed E-state index contributed by atoms with van der Waals surface area (Å²) in [4.78, 5) is 0. The van der Waals surface area contributed by atoms with E-state index >= 15 is 0 Å². The van der Waals surface area contributed by atoms with Gasteiger partial charge in [0.1, 0.15) is 6.79 Å². The molecule has 2 aliphatic carbocycles. The number of unbranched alkanes of at least 4 members (excludes halogenated alkanes) is 2. The maximum absolute atomic E-state index is 5.26. The number of hydrogen-bond acceptors (Lipinski definition) is 2. The van der Waals surface area contributed by atoms with Gasteiger partial charge in [-0.1, -0.05) is 44.9 Å². The van der Waals surface area contributed by atoms with E-state index in [2.05, 4.69) is 39.0 Å². The fourth-order valence-electron chi connectivity index (χ4n) is 2.72. The summed E-state index contributed by atoms with van der Waals surface area (Å²) in [5.41, 5.74) is 1.59. The van der Waals surface area contributed by atoms with Crippen LogP contribution in [0.25, 0.3) is 0 Å². The molecule has 1 heterocycles. The highest BCUT2D eigenvalue weighted by Crippen LogP contribution is 2.18. The van der Waals surface area contributed by atoms with Gasteiger partial charge in [-0.05, 0) is 42.2 Å². The largest absolute Gasteiger partial charge is 0.355 e. The molecule has 0 saturated carbocycles. The van der Waals surface area contributed by atoms with Crippen molar-refractivity contribution in [3.8, 4) is 0 Å². The summed E-state index contributed by atoms with van der Waals surface area (Å²) in [6.07, 6.45) is 6.92. The molecule has 1 fully saturated rings. The lowest BCUT2D eigenvalue weighted by atomic mass is 9.95. The second kappa shape index (κ2) is 7.80. The fourth-order valence-corrected chi connectivity index (χ4v) is 2.72. The van der Waals surface area contributed by atoms with Crippen LogP contribution in [-0.2, 0) is 15.9 Å². The molecule has 0 N–H and O–H groups in total. The third kappa shape index (κ3) is 3.83. The van der Waals surface area contributed by atoms with Gasteiger partial charge in [0.25, 0.3) is 0 Å². The maximum atomic E-state index is 5.26. The number of rotatable bonds is 5. The molecular weight excluding hydrogens is 248 g/mol. The van der Waals surface area contributed by atoms with Gasteiger partial charge in [0, 0.05) is 5.92 Å². The van der Waals surface area contributed by atoms with Gasteiger partial charge in [0.2, 0.25) is 0 Å². The number of ether oxygens (including phenoxy) is 2. The van der Waals surface area contributed by atoms with Gasteiger partial charge in [0.15, 0.2) is 0 Å². The predicted molar refractivity (Wildman–Crippen MR) is 82.5 cm³/mol. The summed E-state index contributed by atoms with van der Waals surface area (Å²) >= 11 is 0. The minimum Gasteiger partial charge on any atom is -0.355 e. The lowest BCUT2D eigenvalue weighted by molar-refractivity contribution is -0.163. The molecule has 3 rings (SSSR count). The monoisotopic (exact) mass is 276 g/mol. The van der Waals surface area contributed by atoms with Crippen LogP contribution in [0.5, 0.6) is 0 Å². The molecule has 112 valence electrons. The highest BCUT2D eigenvalue weighted by atomic mass is 16.7. The zero-order valence-electron chi connectivity index (χ0n) is 13.2. The van der Waals surface area contributed by atoms with E-state index in [1.165, 1.54) is 30.9 Å². The van der Waals surface area contributed by atoms with Gasteiger partial charge in [0.05, 0.1) is 12.7 Å². The molecule has 20 heavy (non-hydrogen) atoms. The zero-order valence-corrected chi connectivity index (χ0v) is 13.2. The van der Waals surface area contributed by atoms with E-state index < -0.39 is 0 Å². The van der Waals surface area contributed by atoms with Crippen LogP contribution in [0.1, 0.15) is 52.0 Å². The Morgan fingerprint density at radius 3 is 2.50 bits per heavy atom. The molecule has 2 atom stereocenters. The summed E-state index contributed by atoms with van der Waals surface area (Å²) < 4.78 is 10.4. The van der Waals surface area contributed by atoms with E-state index in [-0.39, 0.29) is 0 Å². The molecule has 0 aromatic carbocycles. The number of benzene rings is 1. The molecule has 2 unspecified atom stereocenters. The van der Waals surface area contributed by atoms with Gasteiger partial charge in [-0.15, -0.1) is 0 Å². The van der Waals surface area contributed by atoms with Crippen LogP contribution in [-0.4, -0.2) is 19.5 Å². The molecular formula is C18H28O2. The average Bonchev–Trinajstić information content (AvgIpc) is 2.45. The van der Waals surface area contributed by atoms with Crippen molar-refractivity contribution in [3.63, 3.8) is 0 Å². The van der Waals surface area contributed by atoms with Crippen molar-refractivity contribution in [1.82, 2.24) is 0 Å². The lowest BCUT2D eigenvalue weighted by Crippen LogP contribution is -2.31. The van der Waals surface area contributed by atoms with Crippen LogP contribution >= 0.6 is 0 Å². The smallest absolute Gasteiger partial charge is 0.147 e. The van der Waals surface area contributed by atoms with Crippen molar-refractivity contribution in [1.29, 1.82) is 0 Å². The Labute approximate surface area is 122 Å². The topological polar surface area (TPSA) is 18.5 Å². The third-order valence-corrected chi connectivity index (χ3v) is 4.40. The molecule has 1 aliphatic heterocycles. The lowest BCUT2D eigenvalue weighted by Gasteiger charge is -2.27. The molecule has 2 nitrogen and oxygen atoms in total. The van der Waals surface area contributed by atoms with Crippen LogP contribution in [0.2, 0.25) is 0 Å². The van der Waals surface area contributed by atoms with Gasteiger partial charge in [-0.25, -0.2) is 0 Å². The molecule has 0 spiro atoms. The van der Waals surface area contributed by atoms with Gasteiger partial charge in [-0.2, -0.15) is 0 Å². The second-order valence-electron chi connectivity index (χ2n) is 5.86. The molecule has 0 radical (unpaired) electrons. The van der Waals surface area contributed by atoms with Crippen LogP contribution in [0.4, 0.5) is 0 Å². The van der Waals surface area contributed by atoms with E-state index in [9.17, 15) is 0 Å². The summed E-state index contributed by atoms with van der Waals surface area (Å²) in [6.45, 7) is 7.88. The molecule has 0 aromatic heterocycles. The molecule has 1 saturated heterocycles. The highest BCUT2D eigenvalue weighted by Gasteiger charge is 2.19. The van der Waals surface area contributed by atoms with E-state index in [0.29, 0.717) is 18.8 Å². The third-order valence-electron chi connectivity index (χ3n) is 4.40. The number of aryl methyl sites for hydroxylation is 1. The van der Waals surface area contributed by atoms with Crippen LogP contribution in [0, 0.1) is 16.4 Å². The van der Waals surface area contributed by atoms with E-state index in [0.717, 1.165) is 13.0 Å². The average molecular weight is 276 g/mol. The maximum Gasteiger partial charge on any atom is 0.147 e. The van der Waals surface area contributed by atoms with E-state index in [4.69, 9.17) is 9.47 Å². The first kappa shape index (κ1) is 15.5. The normalized spacial score (nSPS) is 22.9. The highest BCUT2D eigenvalue weighted by molar-refractivity contribution is 5.33. The predicted octanol–water partition coefficient (Wildman–Crippen LogP) is 4.43. The SMILES string of the molecule is CCC1COCOC1C.CCCCCc1cc2ccc1=2. The summed E-state index contributed by atoms with van der Waals surface area (Å²) in [5, 5.41) is 3.03. The van der Waals surface area contributed by atoms with Gasteiger partial charge < -0.3 is 9.47 Å². The molecule has 3 aliphatic rings. The Hall–Kier alpha value is -0.860. The second-order valence-corrected chi connectivity index (χ2v) is 5.86. The Bertz CT molecular complexity index is 495. The molecule has 0 aromatic rings. The summed E-state index contributed by atoms with van der Waals surface area (Å²) in [5.74, 6) is 0.610. The Morgan fingerprint density at radius 1 is 1.20 bits per heavy atom. The van der Waals surface area contributed by atoms with Crippen molar-refractivity contribution in [2.24, 2.45) is 5.92 Å². The van der Waals surface area contributed by atoms with E-state index in [1.54, 1.807) is 10.8 Å². The van der Waals surface area contributed by atoms with Crippen molar-refractivity contribution in [3.05, 3.63) is 34.2 Å². The summed E-state index contributed by atoms with van der Waals surface area (Å²) in [7, 11) is 0. The van der Waals surface area contributed by atoms with Crippen LogP contribution < -0.4 is 0 Å². The van der Waals surface area contributed by atoms with Gasteiger partial charge in [-0.3, -0.25) is 0 Å². The fraction of sp³-hybridized carbons (Fsp3) is 0.667. The Kier molecular flexibility index (Phi) is 6.06. The first-order chi connectivity index (χ1) is 9.76. The minimum atomic E-state index is 0.392. The van der Waals surface area contributed by atoms with Crippen molar-refractivity contribution < 1.29 is 9.47 Å². The molecule has 0 bridgehead atoms. The molecule has 2 heteroatoms. The van der Waals surface area contributed by atoms with Crippen LogP contribution in [0.15, 0.2) is 18.2 Å². The van der Waals surface area contributed by atoms with Crippen molar-refractivity contribution in [2.75, 3.05) is 13.4 Å². The van der Waals surface area contributed by atoms with Crippen molar-refractivity contribution >= 4 is 0 Å². The van der Waals surface area contributed by atoms with Gasteiger partial charge >= 0.3 is 0 Å². The first-order valence-electron chi connectivity index (χ1n) is 8.08. The zero-order chi connectivity index (χ0) is 14.4. The van der Waals surface area contributed by atoms with Crippen molar-refractivity contribution in [2.45, 2.75) is 59.0 Å². The van der Waals surface area contributed by atoms with Crippen LogP contribution in [0.3, 0.4) is 0 Å². The summed E-state index contributed by atoms with van der Waals surface area (Å²) in [6, 6.07) is 6.75. The Morgan fingerprint density at radius 2 is 2.05 bits per heavy atom. The molecule has 0 amide bonds. The minimum absolute atomic E-state index is 0.392. The first-order valence-corrected chi connectivity index (χ1v) is 8.08. The standard InChI is InChI=1S/C11H14.C7H14O2/c1-2-3-4-5-9-8-10-6-7-11(9)10;1-3-7-4-8-5-9-6(7)2/h6-8H,2-5H2,1H3;6-7H,3-5H2,1-2H3. The quantitative estimate of drug-likeness (QED) is 0.752.